The summed E-state index contributed by atoms with van der Waals surface area (Å²) in [5.74, 6) is 0. The van der Waals surface area contributed by atoms with E-state index in [2.05, 4.69) is 9.47 Å². The van der Waals surface area contributed by atoms with Crippen molar-refractivity contribution in [2.75, 3.05) is 41.2 Å². The van der Waals surface area contributed by atoms with Crippen molar-refractivity contribution in [1.29, 1.82) is 5.26 Å². The van der Waals surface area contributed by atoms with Gasteiger partial charge in [0.1, 0.15) is 12.7 Å². The Labute approximate surface area is 100 Å². The number of ether oxygens (including phenoxy) is 2. The zero-order valence-electron chi connectivity index (χ0n) is 9.93. The van der Waals surface area contributed by atoms with Crippen molar-refractivity contribution in [1.82, 2.24) is 0 Å². The molecule has 0 bridgehead atoms. The first-order valence-corrected chi connectivity index (χ1v) is 6.23. The largest absolute Gasteiger partial charge is 0.679 e. The second-order valence-corrected chi connectivity index (χ2v) is 5.02. The van der Waals surface area contributed by atoms with Gasteiger partial charge in [-0.05, 0) is 0 Å². The van der Waals surface area contributed by atoms with Crippen LogP contribution in [-0.4, -0.2) is 56.4 Å². The Morgan fingerprint density at radius 2 is 1.71 bits per heavy atom. The Balaban J connectivity index is 3.76. The van der Waals surface area contributed by atoms with E-state index < -0.39 is 15.2 Å². The third-order valence-corrected chi connectivity index (χ3v) is 3.64. The number of rotatable bonds is 8. The van der Waals surface area contributed by atoms with Crippen LogP contribution in [0.5, 0.6) is 0 Å². The van der Waals surface area contributed by atoms with Gasteiger partial charge in [-0.15, -0.1) is 0 Å². The Hall–Kier alpha value is -1.18. The van der Waals surface area contributed by atoms with Gasteiger partial charge >= 0.3 is 15.2 Å². The third-order valence-electron chi connectivity index (χ3n) is 1.59. The van der Waals surface area contributed by atoms with Gasteiger partial charge in [0, 0.05) is 21.3 Å². The summed E-state index contributed by atoms with van der Waals surface area (Å²) in [5.41, 5.74) is 0. The Kier molecular flexibility index (Phi) is 8.29. The van der Waals surface area contributed by atoms with E-state index in [0.29, 0.717) is 0 Å². The molecule has 17 heavy (non-hydrogen) atoms. The molecule has 98 valence electrons. The van der Waals surface area contributed by atoms with E-state index in [1.807, 2.05) is 0 Å². The Morgan fingerprint density at radius 3 is 2.18 bits per heavy atom. The summed E-state index contributed by atoms with van der Waals surface area (Å²) in [6.45, 7) is -0.384. The van der Waals surface area contributed by atoms with Crippen LogP contribution in [0.1, 0.15) is 0 Å². The SMILES string of the molecule is CO[Si](OC)(OC)OCCOC(=O)OCC#N. The Bertz CT molecular complexity index is 255. The highest BCUT2D eigenvalue weighted by atomic mass is 28.4. The average molecular weight is 265 g/mol. The third kappa shape index (κ3) is 6.20. The molecule has 0 aromatic heterocycles. The highest BCUT2D eigenvalue weighted by Gasteiger charge is 2.42. The van der Waals surface area contributed by atoms with E-state index in [-0.39, 0.29) is 19.8 Å². The molecule has 0 aromatic rings. The lowest BCUT2D eigenvalue weighted by molar-refractivity contribution is -0.0115. The minimum atomic E-state index is -3.10. The van der Waals surface area contributed by atoms with Gasteiger partial charge in [0.05, 0.1) is 6.61 Å². The maximum absolute atomic E-state index is 10.8. The smallest absolute Gasteiger partial charge is 0.432 e. The van der Waals surface area contributed by atoms with Gasteiger partial charge in [0.2, 0.25) is 0 Å². The van der Waals surface area contributed by atoms with E-state index in [1.54, 1.807) is 6.07 Å². The second-order valence-electron chi connectivity index (χ2n) is 2.51. The first-order chi connectivity index (χ1) is 8.14. The van der Waals surface area contributed by atoms with Crippen molar-refractivity contribution < 1.29 is 32.0 Å². The summed E-state index contributed by atoms with van der Waals surface area (Å²) < 4.78 is 29.0. The van der Waals surface area contributed by atoms with Crippen LogP contribution >= 0.6 is 0 Å². The fourth-order valence-corrected chi connectivity index (χ4v) is 2.04. The molecule has 0 saturated heterocycles. The summed E-state index contributed by atoms with van der Waals surface area (Å²) in [7, 11) is 1.07. The quantitative estimate of drug-likeness (QED) is 0.345. The fourth-order valence-electron chi connectivity index (χ4n) is 0.851. The highest BCUT2D eigenvalue weighted by molar-refractivity contribution is 6.53. The van der Waals surface area contributed by atoms with Crippen LogP contribution in [0.3, 0.4) is 0 Å². The van der Waals surface area contributed by atoms with Crippen LogP contribution in [0.4, 0.5) is 4.79 Å². The normalized spacial score (nSPS) is 10.7. The number of hydrogen-bond acceptors (Lipinski definition) is 8. The van der Waals surface area contributed by atoms with Gasteiger partial charge in [-0.25, -0.2) is 4.79 Å². The molecular weight excluding hydrogens is 250 g/mol. The molecule has 0 N–H and O–H groups in total. The predicted molar refractivity (Wildman–Crippen MR) is 55.6 cm³/mol. The number of hydrogen-bond donors (Lipinski definition) is 0. The monoisotopic (exact) mass is 265 g/mol. The van der Waals surface area contributed by atoms with Gasteiger partial charge in [-0.2, -0.15) is 5.26 Å². The number of carbonyl (C=O) groups is 1. The second kappa shape index (κ2) is 8.91. The minimum absolute atomic E-state index is 0.0311. The molecule has 0 amide bonds. The molecule has 0 heterocycles. The maximum atomic E-state index is 10.8. The van der Waals surface area contributed by atoms with E-state index in [1.165, 1.54) is 21.3 Å². The van der Waals surface area contributed by atoms with E-state index in [0.717, 1.165) is 0 Å². The first-order valence-electron chi connectivity index (χ1n) is 4.60. The average Bonchev–Trinajstić information content (AvgIpc) is 2.37. The lowest BCUT2D eigenvalue weighted by Gasteiger charge is -2.22. The van der Waals surface area contributed by atoms with Gasteiger partial charge in [0.25, 0.3) is 0 Å². The summed E-state index contributed by atoms with van der Waals surface area (Å²) in [5, 5.41) is 8.14. The molecule has 0 spiro atoms. The summed E-state index contributed by atoms with van der Waals surface area (Å²) in [6, 6.07) is 1.63. The van der Waals surface area contributed by atoms with Crippen molar-refractivity contribution in [3.8, 4) is 6.07 Å². The van der Waals surface area contributed by atoms with Gasteiger partial charge in [-0.3, -0.25) is 0 Å². The molecule has 8 nitrogen and oxygen atoms in total. The van der Waals surface area contributed by atoms with Crippen molar-refractivity contribution in [3.05, 3.63) is 0 Å². The molecule has 0 atom stereocenters. The molecule has 0 aromatic carbocycles. The van der Waals surface area contributed by atoms with Crippen molar-refractivity contribution in [2.45, 2.75) is 0 Å². The van der Waals surface area contributed by atoms with Gasteiger partial charge < -0.3 is 27.2 Å². The van der Waals surface area contributed by atoms with Gasteiger partial charge in [0.15, 0.2) is 6.61 Å². The Morgan fingerprint density at radius 1 is 1.12 bits per heavy atom. The lowest BCUT2D eigenvalue weighted by atomic mass is 10.8. The van der Waals surface area contributed by atoms with Crippen LogP contribution in [0.2, 0.25) is 0 Å². The van der Waals surface area contributed by atoms with Crippen LogP contribution < -0.4 is 0 Å². The summed E-state index contributed by atoms with van der Waals surface area (Å²) in [4.78, 5) is 10.8. The number of carbonyl (C=O) groups excluding carboxylic acids is 1. The fraction of sp³-hybridized carbons (Fsp3) is 0.750. The number of nitrogens with zero attached hydrogens (tertiary/aromatic N) is 1. The van der Waals surface area contributed by atoms with Crippen molar-refractivity contribution >= 4 is 15.2 Å². The maximum Gasteiger partial charge on any atom is 0.679 e. The first kappa shape index (κ1) is 15.8. The molecule has 0 aliphatic rings. The lowest BCUT2D eigenvalue weighted by Crippen LogP contribution is -2.47. The zero-order valence-corrected chi connectivity index (χ0v) is 10.9. The molecule has 0 unspecified atom stereocenters. The van der Waals surface area contributed by atoms with Crippen molar-refractivity contribution in [2.24, 2.45) is 0 Å². The number of nitriles is 1. The van der Waals surface area contributed by atoms with Crippen LogP contribution in [-0.2, 0) is 27.2 Å². The van der Waals surface area contributed by atoms with Crippen molar-refractivity contribution in [3.63, 3.8) is 0 Å². The molecule has 0 rings (SSSR count). The van der Waals surface area contributed by atoms with E-state index in [9.17, 15) is 4.79 Å². The molecule has 0 aliphatic heterocycles. The molecular formula is C8H15NO7Si. The molecule has 0 aliphatic carbocycles. The predicted octanol–water partition coefficient (Wildman–Crippen LogP) is 0.0546. The molecule has 9 heteroatoms. The minimum Gasteiger partial charge on any atom is -0.432 e. The zero-order chi connectivity index (χ0) is 13.1. The van der Waals surface area contributed by atoms with E-state index in [4.69, 9.17) is 23.0 Å². The topological polar surface area (TPSA) is 96.2 Å². The van der Waals surface area contributed by atoms with Gasteiger partial charge in [-0.1, -0.05) is 0 Å². The van der Waals surface area contributed by atoms with Crippen LogP contribution in [0, 0.1) is 11.3 Å². The highest BCUT2D eigenvalue weighted by Crippen LogP contribution is 2.07. The summed E-state index contributed by atoms with van der Waals surface area (Å²) in [6.07, 6.45) is -0.935. The molecule has 0 radical (unpaired) electrons. The van der Waals surface area contributed by atoms with E-state index >= 15 is 0 Å². The van der Waals surface area contributed by atoms with Crippen LogP contribution in [0.15, 0.2) is 0 Å². The van der Waals surface area contributed by atoms with Crippen LogP contribution in [0.25, 0.3) is 0 Å². The summed E-state index contributed by atoms with van der Waals surface area (Å²) >= 11 is 0. The molecule has 0 saturated carbocycles. The standard InChI is InChI=1S/C8H15NO7Si/c1-11-17(12-2,13-3)16-7-6-15-8(10)14-5-4-9/h5-7H2,1-3H3. The molecule has 0 fully saturated rings.